The Morgan fingerprint density at radius 3 is 2.93 bits per heavy atom. The molecule has 0 aromatic carbocycles. The monoisotopic (exact) mass is 471 g/mol. The number of carbonyl (C=O) groups excluding carboxylic acids is 3. The second-order valence-corrected chi connectivity index (χ2v) is 8.80. The summed E-state index contributed by atoms with van der Waals surface area (Å²) < 4.78 is 0. The predicted octanol–water partition coefficient (Wildman–Crippen LogP) is 0.164. The van der Waals surface area contributed by atoms with Crippen molar-refractivity contribution < 1.29 is 29.1 Å². The lowest BCUT2D eigenvalue weighted by molar-refractivity contribution is -0.150. The number of aromatic nitrogens is 1. The van der Waals surface area contributed by atoms with Gasteiger partial charge in [0.05, 0.1) is 0 Å². The van der Waals surface area contributed by atoms with Gasteiger partial charge in [-0.05, 0) is 11.8 Å². The predicted molar refractivity (Wildman–Crippen MR) is 113 cm³/mol. The Morgan fingerprint density at radius 2 is 2.30 bits per heavy atom. The van der Waals surface area contributed by atoms with Crippen LogP contribution in [0.2, 0.25) is 0 Å². The summed E-state index contributed by atoms with van der Waals surface area (Å²) in [6.07, 6.45) is 2.31. The van der Waals surface area contributed by atoms with Crippen LogP contribution >= 0.6 is 34.9 Å². The van der Waals surface area contributed by atoms with Crippen molar-refractivity contribution in [2.24, 2.45) is 5.16 Å². The average Bonchev–Trinajstić information content (AvgIpc) is 3.18. The number of fused-ring (bicyclic) bond motifs is 1. The number of carboxylic acids is 1. The van der Waals surface area contributed by atoms with E-state index in [4.69, 9.17) is 4.84 Å². The van der Waals surface area contributed by atoms with Crippen LogP contribution in [0.3, 0.4) is 0 Å². The van der Waals surface area contributed by atoms with Crippen molar-refractivity contribution in [3.05, 3.63) is 22.3 Å². The molecule has 0 spiro atoms. The van der Waals surface area contributed by atoms with Crippen LogP contribution < -0.4 is 10.6 Å². The lowest BCUT2D eigenvalue weighted by Crippen LogP contribution is -2.71. The van der Waals surface area contributed by atoms with E-state index >= 15 is 0 Å². The largest absolute Gasteiger partial charge is 0.477 e. The Kier molecular flexibility index (Phi) is 6.99. The van der Waals surface area contributed by atoms with Crippen LogP contribution in [-0.4, -0.2) is 81.2 Å². The van der Waals surface area contributed by atoms with Crippen LogP contribution in [0.5, 0.6) is 0 Å². The Balaban J connectivity index is 1.77. The zero-order valence-electron chi connectivity index (χ0n) is 15.8. The Bertz CT molecular complexity index is 946. The molecule has 0 saturated carbocycles. The maximum absolute atomic E-state index is 12.7. The molecular weight excluding hydrogens is 454 g/mol. The first-order valence-electron chi connectivity index (χ1n) is 8.40. The smallest absolute Gasteiger partial charge is 0.352 e. The van der Waals surface area contributed by atoms with Gasteiger partial charge in [0, 0.05) is 16.9 Å². The van der Waals surface area contributed by atoms with Gasteiger partial charge in [0.25, 0.3) is 11.8 Å². The SMILES string of the molecule is CO/N=C(\C(=O)NC1C(=O)N2C(C(=O)O)=C(CSC)CS[C@H]12)c1csc(NC=O)n1. The second kappa shape index (κ2) is 9.49. The van der Waals surface area contributed by atoms with E-state index < -0.39 is 29.2 Å². The topological polar surface area (TPSA) is 150 Å². The molecule has 2 atom stereocenters. The number of rotatable bonds is 9. The van der Waals surface area contributed by atoms with Crippen LogP contribution in [-0.2, 0) is 24.0 Å². The number of thioether (sulfide) groups is 2. The fourth-order valence-corrected chi connectivity index (χ4v) is 5.69. The number of hydrogen-bond donors (Lipinski definition) is 3. The van der Waals surface area contributed by atoms with E-state index in [0.29, 0.717) is 23.5 Å². The molecule has 1 fully saturated rings. The quantitative estimate of drug-likeness (QED) is 0.198. The molecule has 0 radical (unpaired) electrons. The second-order valence-electron chi connectivity index (χ2n) is 5.97. The fourth-order valence-electron chi connectivity index (χ4n) is 2.97. The van der Waals surface area contributed by atoms with Gasteiger partial charge in [-0.2, -0.15) is 11.8 Å². The van der Waals surface area contributed by atoms with Gasteiger partial charge < -0.3 is 20.6 Å². The number of aliphatic carboxylic acids is 1. The number of thiazole rings is 1. The average molecular weight is 472 g/mol. The minimum Gasteiger partial charge on any atom is -0.477 e. The number of anilines is 1. The van der Waals surface area contributed by atoms with Crippen LogP contribution in [0.15, 0.2) is 21.8 Å². The first-order chi connectivity index (χ1) is 14.4. The summed E-state index contributed by atoms with van der Waals surface area (Å²) in [7, 11) is 1.26. The number of amides is 3. The number of oxime groups is 1. The van der Waals surface area contributed by atoms with Crippen LogP contribution in [0.25, 0.3) is 0 Å². The fraction of sp³-hybridized carbons (Fsp3) is 0.375. The molecule has 160 valence electrons. The maximum Gasteiger partial charge on any atom is 0.352 e. The molecule has 3 amide bonds. The third-order valence-electron chi connectivity index (χ3n) is 4.18. The van der Waals surface area contributed by atoms with Crippen molar-refractivity contribution in [1.29, 1.82) is 0 Å². The Morgan fingerprint density at radius 1 is 1.53 bits per heavy atom. The molecule has 30 heavy (non-hydrogen) atoms. The highest BCUT2D eigenvalue weighted by atomic mass is 32.2. The number of carbonyl (C=O) groups is 4. The lowest BCUT2D eigenvalue weighted by atomic mass is 10.0. The maximum atomic E-state index is 12.7. The number of nitrogens with one attached hydrogen (secondary N) is 2. The highest BCUT2D eigenvalue weighted by Crippen LogP contribution is 2.40. The van der Waals surface area contributed by atoms with Crippen molar-refractivity contribution in [3.63, 3.8) is 0 Å². The van der Waals surface area contributed by atoms with E-state index in [1.54, 1.807) is 0 Å². The molecule has 0 bridgehead atoms. The minimum absolute atomic E-state index is 0.0153. The summed E-state index contributed by atoms with van der Waals surface area (Å²) >= 11 is 3.96. The number of β-lactam (4-membered cyclic amide) rings is 1. The van der Waals surface area contributed by atoms with Crippen LogP contribution in [0.1, 0.15) is 5.69 Å². The van der Waals surface area contributed by atoms with Gasteiger partial charge in [-0.15, -0.1) is 23.1 Å². The zero-order valence-corrected chi connectivity index (χ0v) is 18.2. The molecule has 2 aliphatic heterocycles. The summed E-state index contributed by atoms with van der Waals surface area (Å²) in [6, 6.07) is -0.902. The van der Waals surface area contributed by atoms with E-state index in [-0.39, 0.29) is 22.2 Å². The van der Waals surface area contributed by atoms with Crippen molar-refractivity contribution in [1.82, 2.24) is 15.2 Å². The molecule has 0 aliphatic carbocycles. The van der Waals surface area contributed by atoms with E-state index in [1.165, 1.54) is 40.9 Å². The first kappa shape index (κ1) is 22.1. The van der Waals surface area contributed by atoms with Crippen molar-refractivity contribution in [2.75, 3.05) is 30.2 Å². The standard InChI is InChI=1S/C16H17N5O6S3/c1-27-20-9(8-5-30-16(18-8)17-6-22)12(23)19-10-13(24)21-11(15(25)26)7(3-28-2)4-29-14(10)21/h5-6,10,14H,3-4H2,1-2H3,(H,19,23)(H,25,26)(H,17,18,22)/b20-9-/t10?,14-/m1/s1. The normalized spacial score (nSPS) is 20.9. The van der Waals surface area contributed by atoms with Gasteiger partial charge in [-0.1, -0.05) is 5.16 Å². The molecule has 1 unspecified atom stereocenters. The van der Waals surface area contributed by atoms with E-state index in [0.717, 1.165) is 11.3 Å². The van der Waals surface area contributed by atoms with E-state index in [2.05, 4.69) is 20.8 Å². The third-order valence-corrected chi connectivity index (χ3v) is 6.93. The Hall–Kier alpha value is -2.58. The third kappa shape index (κ3) is 4.15. The van der Waals surface area contributed by atoms with Crippen molar-refractivity contribution in [2.45, 2.75) is 11.4 Å². The first-order valence-corrected chi connectivity index (χ1v) is 11.7. The lowest BCUT2D eigenvalue weighted by Gasteiger charge is -2.49. The molecule has 11 nitrogen and oxygen atoms in total. The zero-order chi connectivity index (χ0) is 21.8. The molecule has 1 aromatic rings. The van der Waals surface area contributed by atoms with E-state index in [9.17, 15) is 24.3 Å². The van der Waals surface area contributed by atoms with Crippen LogP contribution in [0.4, 0.5) is 5.13 Å². The molecular formula is C16H17N5O6S3. The Labute approximate surface area is 183 Å². The minimum atomic E-state index is -1.17. The van der Waals surface area contributed by atoms with Crippen molar-refractivity contribution in [3.8, 4) is 0 Å². The summed E-state index contributed by atoms with van der Waals surface area (Å²) in [5.74, 6) is -1.41. The summed E-state index contributed by atoms with van der Waals surface area (Å²) in [5.41, 5.74) is 0.654. The van der Waals surface area contributed by atoms with Gasteiger partial charge in [0.1, 0.15) is 29.9 Å². The molecule has 3 heterocycles. The summed E-state index contributed by atoms with van der Waals surface area (Å²) in [6.45, 7) is 0. The van der Waals surface area contributed by atoms with Crippen LogP contribution in [0, 0.1) is 0 Å². The van der Waals surface area contributed by atoms with Gasteiger partial charge >= 0.3 is 5.97 Å². The summed E-state index contributed by atoms with van der Waals surface area (Å²) in [5, 5.41) is 19.5. The van der Waals surface area contributed by atoms with Gasteiger partial charge in [0.15, 0.2) is 10.8 Å². The summed E-state index contributed by atoms with van der Waals surface area (Å²) in [4.78, 5) is 57.7. The number of carboxylic acid groups (broad SMARTS) is 1. The highest BCUT2D eigenvalue weighted by Gasteiger charge is 2.54. The van der Waals surface area contributed by atoms with Gasteiger partial charge in [0.2, 0.25) is 6.41 Å². The van der Waals surface area contributed by atoms with Crippen molar-refractivity contribution >= 4 is 69.9 Å². The van der Waals surface area contributed by atoms with Gasteiger partial charge in [-0.25, -0.2) is 9.78 Å². The number of hydrogen-bond acceptors (Lipinski definition) is 10. The molecule has 3 N–H and O–H groups in total. The van der Waals surface area contributed by atoms with Gasteiger partial charge in [-0.3, -0.25) is 19.3 Å². The highest BCUT2D eigenvalue weighted by molar-refractivity contribution is 8.00. The van der Waals surface area contributed by atoms with E-state index in [1.807, 2.05) is 6.26 Å². The number of nitrogens with zero attached hydrogens (tertiary/aromatic N) is 3. The molecule has 2 aliphatic rings. The molecule has 1 saturated heterocycles. The molecule has 1 aromatic heterocycles. The molecule has 3 rings (SSSR count). The molecule has 14 heteroatoms.